The molecule has 3 rings (SSSR count). The Balaban J connectivity index is 1.98. The van der Waals surface area contributed by atoms with Crippen LogP contribution in [0.4, 0.5) is 0 Å². The van der Waals surface area contributed by atoms with Crippen molar-refractivity contribution in [1.82, 2.24) is 4.57 Å². The maximum atomic E-state index is 5.65. The Labute approximate surface area is 112 Å². The second kappa shape index (κ2) is 4.84. The Hall–Kier alpha value is -2.16. The highest BCUT2D eigenvalue weighted by atomic mass is 16.5. The molecule has 0 unspecified atom stereocenters. The van der Waals surface area contributed by atoms with Gasteiger partial charge in [0.1, 0.15) is 17.3 Å². The number of rotatable bonds is 4. The molecule has 0 bridgehead atoms. The van der Waals surface area contributed by atoms with Gasteiger partial charge in [-0.3, -0.25) is 0 Å². The lowest BCUT2D eigenvalue weighted by Crippen LogP contribution is -1.97. The van der Waals surface area contributed by atoms with Gasteiger partial charge in [-0.05, 0) is 44.2 Å². The SMILES string of the molecule is CCOc1cccc2c1ccn2Cc1ccc(C)o1. The molecule has 0 saturated carbocycles. The fraction of sp³-hybridized carbons (Fsp3) is 0.250. The summed E-state index contributed by atoms with van der Waals surface area (Å²) in [4.78, 5) is 0. The molecule has 0 aliphatic heterocycles. The van der Waals surface area contributed by atoms with Crippen LogP contribution in [0.15, 0.2) is 47.0 Å². The number of nitrogens with zero attached hydrogens (tertiary/aromatic N) is 1. The van der Waals surface area contributed by atoms with Crippen molar-refractivity contribution in [1.29, 1.82) is 0 Å². The van der Waals surface area contributed by atoms with Crippen molar-refractivity contribution in [2.45, 2.75) is 20.4 Å². The van der Waals surface area contributed by atoms with Crippen molar-refractivity contribution in [3.63, 3.8) is 0 Å². The van der Waals surface area contributed by atoms with E-state index in [1.165, 1.54) is 5.52 Å². The highest BCUT2D eigenvalue weighted by Crippen LogP contribution is 2.27. The molecule has 3 nitrogen and oxygen atoms in total. The number of aryl methyl sites for hydroxylation is 1. The normalized spacial score (nSPS) is 11.1. The molecular formula is C16H17NO2. The van der Waals surface area contributed by atoms with Crippen molar-refractivity contribution < 1.29 is 9.15 Å². The first-order valence-corrected chi connectivity index (χ1v) is 6.54. The molecule has 0 atom stereocenters. The van der Waals surface area contributed by atoms with Crippen molar-refractivity contribution in [2.24, 2.45) is 0 Å². The Morgan fingerprint density at radius 1 is 1.16 bits per heavy atom. The maximum Gasteiger partial charge on any atom is 0.128 e. The summed E-state index contributed by atoms with van der Waals surface area (Å²) in [7, 11) is 0. The zero-order chi connectivity index (χ0) is 13.2. The molecule has 0 N–H and O–H groups in total. The lowest BCUT2D eigenvalue weighted by molar-refractivity contribution is 0.344. The predicted molar refractivity (Wildman–Crippen MR) is 75.7 cm³/mol. The summed E-state index contributed by atoms with van der Waals surface area (Å²) in [5.74, 6) is 2.85. The monoisotopic (exact) mass is 255 g/mol. The van der Waals surface area contributed by atoms with Gasteiger partial charge in [-0.1, -0.05) is 6.07 Å². The molecular weight excluding hydrogens is 238 g/mol. The summed E-state index contributed by atoms with van der Waals surface area (Å²) in [5, 5.41) is 1.15. The van der Waals surface area contributed by atoms with Crippen LogP contribution < -0.4 is 4.74 Å². The van der Waals surface area contributed by atoms with E-state index in [0.717, 1.165) is 29.2 Å². The van der Waals surface area contributed by atoms with Gasteiger partial charge in [-0.25, -0.2) is 0 Å². The van der Waals surface area contributed by atoms with E-state index in [1.54, 1.807) is 0 Å². The van der Waals surface area contributed by atoms with Crippen LogP contribution in [0.1, 0.15) is 18.4 Å². The van der Waals surface area contributed by atoms with Gasteiger partial charge in [-0.15, -0.1) is 0 Å². The van der Waals surface area contributed by atoms with Gasteiger partial charge in [0.25, 0.3) is 0 Å². The number of ether oxygens (including phenoxy) is 1. The number of hydrogen-bond donors (Lipinski definition) is 0. The van der Waals surface area contributed by atoms with Crippen LogP contribution in [-0.4, -0.2) is 11.2 Å². The Bertz CT molecular complexity index is 694. The standard InChI is InChI=1S/C16H17NO2/c1-3-18-16-6-4-5-15-14(16)9-10-17(15)11-13-8-7-12(2)19-13/h4-10H,3,11H2,1-2H3. The van der Waals surface area contributed by atoms with E-state index in [1.807, 2.05) is 38.1 Å². The molecule has 98 valence electrons. The summed E-state index contributed by atoms with van der Waals surface area (Å²) >= 11 is 0. The van der Waals surface area contributed by atoms with Crippen molar-refractivity contribution in [3.05, 3.63) is 54.1 Å². The van der Waals surface area contributed by atoms with Crippen LogP contribution in [0, 0.1) is 6.92 Å². The molecule has 1 aromatic carbocycles. The molecule has 0 spiro atoms. The van der Waals surface area contributed by atoms with Gasteiger partial charge in [0.2, 0.25) is 0 Å². The molecule has 0 aliphatic carbocycles. The summed E-state index contributed by atoms with van der Waals surface area (Å²) in [6.45, 7) is 5.39. The van der Waals surface area contributed by atoms with Gasteiger partial charge >= 0.3 is 0 Å². The number of benzene rings is 1. The predicted octanol–water partition coefficient (Wildman–Crippen LogP) is 3.99. The van der Waals surface area contributed by atoms with Crippen LogP contribution >= 0.6 is 0 Å². The van der Waals surface area contributed by atoms with Gasteiger partial charge < -0.3 is 13.7 Å². The van der Waals surface area contributed by atoms with E-state index in [4.69, 9.17) is 9.15 Å². The molecule has 19 heavy (non-hydrogen) atoms. The summed E-state index contributed by atoms with van der Waals surface area (Å²) < 4.78 is 13.5. The number of furan rings is 1. The van der Waals surface area contributed by atoms with Crippen molar-refractivity contribution >= 4 is 10.9 Å². The minimum Gasteiger partial charge on any atom is -0.493 e. The zero-order valence-corrected chi connectivity index (χ0v) is 11.2. The van der Waals surface area contributed by atoms with Crippen molar-refractivity contribution in [3.8, 4) is 5.75 Å². The summed E-state index contributed by atoms with van der Waals surface area (Å²) in [6.07, 6.45) is 2.07. The Kier molecular flexibility index (Phi) is 3.03. The van der Waals surface area contributed by atoms with Crippen molar-refractivity contribution in [2.75, 3.05) is 6.61 Å². The van der Waals surface area contributed by atoms with Gasteiger partial charge in [0, 0.05) is 11.6 Å². The molecule has 2 aromatic heterocycles. The number of hydrogen-bond acceptors (Lipinski definition) is 2. The second-order valence-electron chi connectivity index (χ2n) is 4.58. The van der Waals surface area contributed by atoms with E-state index in [-0.39, 0.29) is 0 Å². The molecule has 0 amide bonds. The van der Waals surface area contributed by atoms with Crippen LogP contribution in [0.2, 0.25) is 0 Å². The quantitative estimate of drug-likeness (QED) is 0.705. The first-order valence-electron chi connectivity index (χ1n) is 6.54. The van der Waals surface area contributed by atoms with Gasteiger partial charge in [-0.2, -0.15) is 0 Å². The smallest absolute Gasteiger partial charge is 0.128 e. The minimum atomic E-state index is 0.682. The number of aromatic nitrogens is 1. The van der Waals surface area contributed by atoms with Crippen LogP contribution in [0.25, 0.3) is 10.9 Å². The fourth-order valence-electron chi connectivity index (χ4n) is 2.35. The van der Waals surface area contributed by atoms with E-state index in [0.29, 0.717) is 6.61 Å². The van der Waals surface area contributed by atoms with Gasteiger partial charge in [0.05, 0.1) is 18.7 Å². The van der Waals surface area contributed by atoms with E-state index < -0.39 is 0 Å². The minimum absolute atomic E-state index is 0.682. The molecule has 0 radical (unpaired) electrons. The molecule has 0 fully saturated rings. The van der Waals surface area contributed by atoms with Crippen LogP contribution in [0.3, 0.4) is 0 Å². The first kappa shape index (κ1) is 11.9. The summed E-state index contributed by atoms with van der Waals surface area (Å²) in [5.41, 5.74) is 1.17. The van der Waals surface area contributed by atoms with Crippen LogP contribution in [0.5, 0.6) is 5.75 Å². The molecule has 3 aromatic rings. The lowest BCUT2D eigenvalue weighted by Gasteiger charge is -2.06. The molecule has 0 aliphatic rings. The highest BCUT2D eigenvalue weighted by Gasteiger charge is 2.07. The van der Waals surface area contributed by atoms with Crippen LogP contribution in [-0.2, 0) is 6.54 Å². The Morgan fingerprint density at radius 3 is 2.79 bits per heavy atom. The third-order valence-electron chi connectivity index (χ3n) is 3.20. The largest absolute Gasteiger partial charge is 0.493 e. The topological polar surface area (TPSA) is 27.3 Å². The lowest BCUT2D eigenvalue weighted by atomic mass is 10.2. The average Bonchev–Trinajstić information content (AvgIpc) is 2.99. The maximum absolute atomic E-state index is 5.65. The molecule has 0 saturated heterocycles. The molecule has 3 heteroatoms. The third kappa shape index (κ3) is 2.24. The van der Waals surface area contributed by atoms with E-state index in [2.05, 4.69) is 22.9 Å². The van der Waals surface area contributed by atoms with E-state index in [9.17, 15) is 0 Å². The summed E-state index contributed by atoms with van der Waals surface area (Å²) in [6, 6.07) is 12.2. The first-order chi connectivity index (χ1) is 9.28. The average molecular weight is 255 g/mol. The Morgan fingerprint density at radius 2 is 2.05 bits per heavy atom. The second-order valence-corrected chi connectivity index (χ2v) is 4.58. The fourth-order valence-corrected chi connectivity index (χ4v) is 2.35. The van der Waals surface area contributed by atoms with Gasteiger partial charge in [0.15, 0.2) is 0 Å². The highest BCUT2D eigenvalue weighted by molar-refractivity contribution is 5.86. The molecule has 2 heterocycles. The number of fused-ring (bicyclic) bond motifs is 1. The third-order valence-corrected chi connectivity index (χ3v) is 3.20. The zero-order valence-electron chi connectivity index (χ0n) is 11.2. The van der Waals surface area contributed by atoms with E-state index >= 15 is 0 Å².